The molecule has 0 saturated heterocycles. The average Bonchev–Trinajstić information content (AvgIpc) is 2.20. The first-order chi connectivity index (χ1) is 6.31. The Morgan fingerprint density at radius 3 is 3.08 bits per heavy atom. The van der Waals surface area contributed by atoms with Crippen molar-refractivity contribution in [3.63, 3.8) is 0 Å². The van der Waals surface area contributed by atoms with Gasteiger partial charge in [0.15, 0.2) is 6.07 Å². The number of thioether (sulfide) groups is 1. The van der Waals surface area contributed by atoms with Crippen molar-refractivity contribution < 1.29 is 4.68 Å². The maximum atomic E-state index is 8.55. The van der Waals surface area contributed by atoms with Crippen LogP contribution in [0.3, 0.4) is 0 Å². The fourth-order valence-electron chi connectivity index (χ4n) is 0.657. The summed E-state index contributed by atoms with van der Waals surface area (Å²) in [5, 5.41) is 21.5. The summed E-state index contributed by atoms with van der Waals surface area (Å²) in [6.45, 7) is 0. The van der Waals surface area contributed by atoms with Gasteiger partial charge in [-0.2, -0.15) is 11.1 Å². The van der Waals surface area contributed by atoms with Crippen LogP contribution in [-0.2, 0) is 0 Å². The van der Waals surface area contributed by atoms with Crippen LogP contribution in [0.25, 0.3) is 11.1 Å². The zero-order valence-corrected chi connectivity index (χ0v) is 7.62. The third-order valence-corrected chi connectivity index (χ3v) is 1.76. The number of nitrogens with zero attached hydrogens (tertiary/aromatic N) is 5. The maximum absolute atomic E-state index is 8.55. The van der Waals surface area contributed by atoms with E-state index in [-0.39, 0.29) is 5.70 Å². The fraction of sp³-hybridized carbons (Fsp3) is 0.143. The minimum atomic E-state index is -0.0716. The first kappa shape index (κ1) is 9.39. The van der Waals surface area contributed by atoms with Gasteiger partial charge >= 0.3 is 5.70 Å². The lowest BCUT2D eigenvalue weighted by Gasteiger charge is -1.90. The van der Waals surface area contributed by atoms with E-state index in [1.54, 1.807) is 11.9 Å². The zero-order chi connectivity index (χ0) is 9.68. The van der Waals surface area contributed by atoms with Gasteiger partial charge in [0.1, 0.15) is 0 Å². The highest BCUT2D eigenvalue weighted by Gasteiger charge is 2.09. The number of hydrogen-bond donors (Lipinski definition) is 0. The molecule has 0 saturated carbocycles. The third kappa shape index (κ3) is 2.12. The summed E-state index contributed by atoms with van der Waals surface area (Å²) in [4.78, 5) is 3.91. The number of aromatic nitrogens is 3. The van der Waals surface area contributed by atoms with Gasteiger partial charge in [-0.15, -0.1) is 0 Å². The first-order valence-electron chi connectivity index (χ1n) is 3.28. The molecule has 0 amide bonds. The summed E-state index contributed by atoms with van der Waals surface area (Å²) in [6, 6.07) is 1.74. The molecule has 1 heterocycles. The molecule has 0 radical (unpaired) electrons. The molecule has 13 heavy (non-hydrogen) atoms. The first-order valence-corrected chi connectivity index (χ1v) is 4.50. The fourth-order valence-corrected chi connectivity index (χ4v) is 0.993. The Labute approximate surface area is 79.2 Å². The van der Waals surface area contributed by atoms with E-state index in [1.807, 2.05) is 6.26 Å². The molecule has 1 aromatic rings. The Kier molecular flexibility index (Phi) is 3.15. The quantitative estimate of drug-likeness (QED) is 0.287. The Morgan fingerprint density at radius 1 is 1.77 bits per heavy atom. The molecular formula is C7H5N5S. The Morgan fingerprint density at radius 2 is 2.54 bits per heavy atom. The van der Waals surface area contributed by atoms with Gasteiger partial charge in [-0.1, -0.05) is 11.8 Å². The van der Waals surface area contributed by atoms with Crippen molar-refractivity contribution in [2.24, 2.45) is 0 Å². The second-order valence-electron chi connectivity index (χ2n) is 1.93. The molecule has 6 heteroatoms. The lowest BCUT2D eigenvalue weighted by Crippen LogP contribution is -2.36. The van der Waals surface area contributed by atoms with Crippen molar-refractivity contribution in [2.75, 3.05) is 6.26 Å². The topological polar surface area (TPSA) is 75.8 Å². The Hall–Kier alpha value is -1.70. The summed E-state index contributed by atoms with van der Waals surface area (Å²) in [5.41, 5.74) is -0.0716. The molecule has 0 N–H and O–H groups in total. The third-order valence-electron chi connectivity index (χ3n) is 1.21. The number of nitriles is 1. The lowest BCUT2D eigenvalue weighted by atomic mass is 10.5. The standard InChI is InChI=1S/C7H5N5S/c1-13-7-10-2-3-12(11-7)6(4-8)5-9/h2-3H,1H3. The van der Waals surface area contributed by atoms with Crippen molar-refractivity contribution in [1.29, 1.82) is 5.26 Å². The van der Waals surface area contributed by atoms with Gasteiger partial charge in [0.05, 0.1) is 6.20 Å². The van der Waals surface area contributed by atoms with Gasteiger partial charge in [0.2, 0.25) is 6.20 Å². The van der Waals surface area contributed by atoms with E-state index in [9.17, 15) is 0 Å². The number of allylic oxidation sites excluding steroid dienone is 1. The van der Waals surface area contributed by atoms with Crippen LogP contribution >= 0.6 is 11.8 Å². The predicted molar refractivity (Wildman–Crippen MR) is 47.7 cm³/mol. The number of rotatable bonds is 2. The highest BCUT2D eigenvalue weighted by atomic mass is 32.2. The maximum Gasteiger partial charge on any atom is 0.335 e. The second kappa shape index (κ2) is 4.36. The van der Waals surface area contributed by atoms with E-state index < -0.39 is 0 Å². The molecule has 0 unspecified atom stereocenters. The summed E-state index contributed by atoms with van der Waals surface area (Å²) in [7, 11) is 0. The Balaban J connectivity index is 3.17. The summed E-state index contributed by atoms with van der Waals surface area (Å²) >= 11 is 1.35. The van der Waals surface area contributed by atoms with Gasteiger partial charge < -0.3 is 5.41 Å². The normalized spacial score (nSPS) is 8.62. The molecule has 1 aromatic heterocycles. The van der Waals surface area contributed by atoms with E-state index in [0.29, 0.717) is 5.16 Å². The molecule has 0 aliphatic carbocycles. The van der Waals surface area contributed by atoms with Gasteiger partial charge in [-0.05, 0) is 10.9 Å². The van der Waals surface area contributed by atoms with Crippen molar-refractivity contribution in [3.05, 3.63) is 17.8 Å². The van der Waals surface area contributed by atoms with Gasteiger partial charge in [0.25, 0.3) is 5.16 Å². The molecule has 64 valence electrons. The van der Waals surface area contributed by atoms with Crippen LogP contribution < -0.4 is 4.68 Å². The number of hydrogen-bond acceptors (Lipinski definition) is 4. The molecular weight excluding hydrogens is 186 g/mol. The van der Waals surface area contributed by atoms with Crippen LogP contribution in [0.5, 0.6) is 0 Å². The van der Waals surface area contributed by atoms with Gasteiger partial charge in [-0.3, -0.25) is 0 Å². The second-order valence-corrected chi connectivity index (χ2v) is 2.70. The lowest BCUT2D eigenvalue weighted by molar-refractivity contribution is -0.646. The van der Waals surface area contributed by atoms with Gasteiger partial charge in [-0.25, -0.2) is 4.98 Å². The highest BCUT2D eigenvalue weighted by molar-refractivity contribution is 7.98. The van der Waals surface area contributed by atoms with Crippen LogP contribution in [0.4, 0.5) is 0 Å². The average molecular weight is 191 g/mol. The van der Waals surface area contributed by atoms with E-state index in [2.05, 4.69) is 10.1 Å². The molecule has 5 nitrogen and oxygen atoms in total. The van der Waals surface area contributed by atoms with E-state index >= 15 is 0 Å². The van der Waals surface area contributed by atoms with E-state index in [1.165, 1.54) is 28.8 Å². The van der Waals surface area contributed by atoms with Gasteiger partial charge in [0, 0.05) is 5.10 Å². The molecule has 0 atom stereocenters. The van der Waals surface area contributed by atoms with Crippen molar-refractivity contribution in [2.45, 2.75) is 5.16 Å². The molecule has 1 rings (SSSR count). The van der Waals surface area contributed by atoms with E-state index in [0.717, 1.165) is 0 Å². The molecule has 0 aliphatic heterocycles. The minimum absolute atomic E-state index is 0.0716. The molecule has 0 spiro atoms. The predicted octanol–water partition coefficient (Wildman–Crippen LogP) is 0.0896. The summed E-state index contributed by atoms with van der Waals surface area (Å²) in [6.07, 6.45) is 4.77. The summed E-state index contributed by atoms with van der Waals surface area (Å²) < 4.78 is 1.21. The van der Waals surface area contributed by atoms with Crippen molar-refractivity contribution in [1.82, 2.24) is 10.1 Å². The molecule has 0 aliphatic rings. The monoisotopic (exact) mass is 191 g/mol. The molecule has 0 bridgehead atoms. The SMILES string of the molecule is CSc1ncc[n+](C(=C=[N-])C#N)n1. The molecule has 0 fully saturated rings. The highest BCUT2D eigenvalue weighted by Crippen LogP contribution is 2.02. The van der Waals surface area contributed by atoms with Crippen molar-refractivity contribution in [3.8, 4) is 6.07 Å². The van der Waals surface area contributed by atoms with Crippen LogP contribution in [-0.4, -0.2) is 22.2 Å². The van der Waals surface area contributed by atoms with Crippen LogP contribution in [0.1, 0.15) is 0 Å². The largest absolute Gasteiger partial charge is 0.757 e. The molecule has 0 aromatic carbocycles. The minimum Gasteiger partial charge on any atom is -0.757 e. The Bertz CT molecular complexity index is 402. The van der Waals surface area contributed by atoms with Crippen molar-refractivity contribution >= 4 is 23.3 Å². The summed E-state index contributed by atoms with van der Waals surface area (Å²) in [5.74, 6) is 1.74. The smallest absolute Gasteiger partial charge is 0.335 e. The van der Waals surface area contributed by atoms with Crippen LogP contribution in [0, 0.1) is 11.3 Å². The van der Waals surface area contributed by atoms with Crippen LogP contribution in [0.15, 0.2) is 17.6 Å². The van der Waals surface area contributed by atoms with E-state index in [4.69, 9.17) is 10.7 Å². The van der Waals surface area contributed by atoms with Crippen LogP contribution in [0.2, 0.25) is 0 Å². The zero-order valence-electron chi connectivity index (χ0n) is 6.80.